The van der Waals surface area contributed by atoms with E-state index in [2.05, 4.69) is 34.0 Å². The van der Waals surface area contributed by atoms with Crippen molar-refractivity contribution in [3.8, 4) is 0 Å². The molecule has 0 atom stereocenters. The van der Waals surface area contributed by atoms with Crippen molar-refractivity contribution >= 4 is 23.4 Å². The van der Waals surface area contributed by atoms with Crippen molar-refractivity contribution < 1.29 is 0 Å². The molecule has 1 aromatic heterocycles. The Morgan fingerprint density at radius 3 is 2.50 bits per heavy atom. The van der Waals surface area contributed by atoms with E-state index in [-0.39, 0.29) is 0 Å². The Morgan fingerprint density at radius 2 is 1.82 bits per heavy atom. The third-order valence-corrected chi connectivity index (χ3v) is 3.70. The van der Waals surface area contributed by atoms with Gasteiger partial charge in [-0.25, -0.2) is 4.98 Å². The fourth-order valence-corrected chi connectivity index (χ4v) is 2.48. The second kappa shape index (κ2) is 8.59. The minimum Gasteiger partial charge on any atom is -0.366 e. The number of hydrogen-bond donors (Lipinski definition) is 1. The highest BCUT2D eigenvalue weighted by molar-refractivity contribution is 6.31. The average molecular weight is 319 g/mol. The maximum atomic E-state index is 6.17. The molecule has 2 aromatic rings. The molecule has 0 aliphatic heterocycles. The van der Waals surface area contributed by atoms with Gasteiger partial charge < -0.3 is 10.2 Å². The molecule has 0 amide bonds. The van der Waals surface area contributed by atoms with Crippen molar-refractivity contribution in [3.05, 3.63) is 47.1 Å². The first-order valence-electron chi connectivity index (χ1n) is 7.79. The van der Waals surface area contributed by atoms with Gasteiger partial charge in [-0.05, 0) is 30.5 Å². The van der Waals surface area contributed by atoms with Gasteiger partial charge in [0.1, 0.15) is 5.82 Å². The number of rotatable bonds is 8. The smallest absolute Gasteiger partial charge is 0.227 e. The second-order valence-electron chi connectivity index (χ2n) is 5.17. The zero-order chi connectivity index (χ0) is 15.8. The molecule has 0 aliphatic rings. The van der Waals surface area contributed by atoms with E-state index in [9.17, 15) is 0 Å². The predicted molar refractivity (Wildman–Crippen MR) is 93.6 cm³/mol. The van der Waals surface area contributed by atoms with Crippen molar-refractivity contribution in [1.82, 2.24) is 9.97 Å². The van der Waals surface area contributed by atoms with Crippen LogP contribution in [0.4, 0.5) is 11.8 Å². The van der Waals surface area contributed by atoms with Crippen LogP contribution in [0.3, 0.4) is 0 Å². The van der Waals surface area contributed by atoms with E-state index in [0.717, 1.165) is 48.3 Å². The quantitative estimate of drug-likeness (QED) is 0.784. The van der Waals surface area contributed by atoms with Gasteiger partial charge in [-0.15, -0.1) is 0 Å². The highest BCUT2D eigenvalue weighted by atomic mass is 35.5. The normalized spacial score (nSPS) is 10.5. The number of benzene rings is 1. The Hall–Kier alpha value is -1.81. The molecule has 0 aliphatic carbocycles. The van der Waals surface area contributed by atoms with Crippen LogP contribution in [-0.4, -0.2) is 23.1 Å². The van der Waals surface area contributed by atoms with E-state index in [1.807, 2.05) is 30.3 Å². The Bertz CT molecular complexity index is 582. The predicted octanol–water partition coefficient (Wildman–Crippen LogP) is 4.37. The van der Waals surface area contributed by atoms with Crippen LogP contribution >= 0.6 is 11.6 Å². The first kappa shape index (κ1) is 16.6. The molecule has 0 saturated heterocycles. The first-order valence-corrected chi connectivity index (χ1v) is 8.17. The van der Waals surface area contributed by atoms with Crippen LogP contribution in [-0.2, 0) is 6.54 Å². The Morgan fingerprint density at radius 1 is 1.09 bits per heavy atom. The lowest BCUT2D eigenvalue weighted by Crippen LogP contribution is -2.27. The fraction of sp³-hybridized carbons (Fsp3) is 0.412. The van der Waals surface area contributed by atoms with Crippen LogP contribution in [0.25, 0.3) is 0 Å². The van der Waals surface area contributed by atoms with Crippen LogP contribution in [0, 0.1) is 0 Å². The minimum absolute atomic E-state index is 0.650. The lowest BCUT2D eigenvalue weighted by molar-refractivity contribution is 0.721. The zero-order valence-corrected chi connectivity index (χ0v) is 14.0. The van der Waals surface area contributed by atoms with Gasteiger partial charge in [-0.2, -0.15) is 4.98 Å². The molecule has 0 bridgehead atoms. The molecule has 1 heterocycles. The van der Waals surface area contributed by atoms with Crippen LogP contribution in [0.2, 0.25) is 5.02 Å². The van der Waals surface area contributed by atoms with Gasteiger partial charge >= 0.3 is 0 Å². The molecule has 0 saturated carbocycles. The van der Waals surface area contributed by atoms with Crippen molar-refractivity contribution in [2.45, 2.75) is 33.2 Å². The lowest BCUT2D eigenvalue weighted by atomic mass is 10.2. The van der Waals surface area contributed by atoms with Crippen molar-refractivity contribution in [2.75, 3.05) is 23.3 Å². The summed E-state index contributed by atoms with van der Waals surface area (Å²) in [6.45, 7) is 6.94. The molecule has 5 heteroatoms. The number of nitrogens with zero attached hydrogens (tertiary/aromatic N) is 3. The minimum atomic E-state index is 0.650. The zero-order valence-electron chi connectivity index (χ0n) is 13.2. The van der Waals surface area contributed by atoms with E-state index in [1.54, 1.807) is 6.20 Å². The molecular weight excluding hydrogens is 296 g/mol. The fourth-order valence-electron chi connectivity index (χ4n) is 2.28. The van der Waals surface area contributed by atoms with E-state index in [1.165, 1.54) is 0 Å². The summed E-state index contributed by atoms with van der Waals surface area (Å²) in [5.41, 5.74) is 1.06. The average Bonchev–Trinajstić information content (AvgIpc) is 2.54. The number of halogens is 1. The van der Waals surface area contributed by atoms with Gasteiger partial charge in [-0.1, -0.05) is 43.6 Å². The Balaban J connectivity index is 2.06. The van der Waals surface area contributed by atoms with Crippen molar-refractivity contribution in [1.29, 1.82) is 0 Å². The number of aromatic nitrogens is 2. The molecule has 22 heavy (non-hydrogen) atoms. The third kappa shape index (κ3) is 4.60. The number of hydrogen-bond acceptors (Lipinski definition) is 4. The summed E-state index contributed by atoms with van der Waals surface area (Å²) in [6.07, 6.45) is 3.97. The van der Waals surface area contributed by atoms with Gasteiger partial charge in [0, 0.05) is 30.9 Å². The number of anilines is 2. The summed E-state index contributed by atoms with van der Waals surface area (Å²) in [7, 11) is 0. The van der Waals surface area contributed by atoms with Crippen LogP contribution in [0.5, 0.6) is 0 Å². The molecule has 4 nitrogen and oxygen atoms in total. The van der Waals surface area contributed by atoms with Gasteiger partial charge in [0.15, 0.2) is 0 Å². The SMILES string of the molecule is CCCN(CCC)c1nccc(NCc2ccccc2Cl)n1. The lowest BCUT2D eigenvalue weighted by Gasteiger charge is -2.21. The van der Waals surface area contributed by atoms with Gasteiger partial charge in [-0.3, -0.25) is 0 Å². The summed E-state index contributed by atoms with van der Waals surface area (Å²) in [6, 6.07) is 9.71. The van der Waals surface area contributed by atoms with E-state index < -0.39 is 0 Å². The Kier molecular flexibility index (Phi) is 6.46. The maximum Gasteiger partial charge on any atom is 0.227 e. The largest absolute Gasteiger partial charge is 0.366 e. The second-order valence-corrected chi connectivity index (χ2v) is 5.58. The van der Waals surface area contributed by atoms with Crippen LogP contribution in [0.15, 0.2) is 36.5 Å². The third-order valence-electron chi connectivity index (χ3n) is 3.33. The van der Waals surface area contributed by atoms with Crippen molar-refractivity contribution in [3.63, 3.8) is 0 Å². The molecule has 0 unspecified atom stereocenters. The summed E-state index contributed by atoms with van der Waals surface area (Å²) >= 11 is 6.17. The standard InChI is InChI=1S/C17H23ClN4/c1-3-11-22(12-4-2)17-19-10-9-16(21-17)20-13-14-7-5-6-8-15(14)18/h5-10H,3-4,11-13H2,1-2H3,(H,19,20,21). The topological polar surface area (TPSA) is 41.1 Å². The van der Waals surface area contributed by atoms with Gasteiger partial charge in [0.25, 0.3) is 0 Å². The molecule has 118 valence electrons. The first-order chi connectivity index (χ1) is 10.7. The van der Waals surface area contributed by atoms with Crippen LogP contribution < -0.4 is 10.2 Å². The highest BCUT2D eigenvalue weighted by Crippen LogP contribution is 2.17. The molecule has 0 radical (unpaired) electrons. The van der Waals surface area contributed by atoms with Crippen LogP contribution in [0.1, 0.15) is 32.3 Å². The molecule has 1 N–H and O–H groups in total. The summed E-state index contributed by atoms with van der Waals surface area (Å²) in [4.78, 5) is 11.2. The molecule has 0 fully saturated rings. The van der Waals surface area contributed by atoms with Gasteiger partial charge in [0.2, 0.25) is 5.95 Å². The monoisotopic (exact) mass is 318 g/mol. The van der Waals surface area contributed by atoms with Crippen molar-refractivity contribution in [2.24, 2.45) is 0 Å². The summed E-state index contributed by atoms with van der Waals surface area (Å²) < 4.78 is 0. The summed E-state index contributed by atoms with van der Waals surface area (Å²) in [5.74, 6) is 1.61. The van der Waals surface area contributed by atoms with E-state index in [0.29, 0.717) is 6.54 Å². The molecule has 1 aromatic carbocycles. The summed E-state index contributed by atoms with van der Waals surface area (Å²) in [5, 5.41) is 4.09. The molecular formula is C17H23ClN4. The Labute approximate surface area is 137 Å². The molecule has 0 spiro atoms. The highest BCUT2D eigenvalue weighted by Gasteiger charge is 2.08. The maximum absolute atomic E-state index is 6.17. The van der Waals surface area contributed by atoms with Gasteiger partial charge in [0.05, 0.1) is 0 Å². The molecule has 2 rings (SSSR count). The van der Waals surface area contributed by atoms with E-state index in [4.69, 9.17) is 11.6 Å². The van der Waals surface area contributed by atoms with E-state index >= 15 is 0 Å². The number of nitrogens with one attached hydrogen (secondary N) is 1.